The standard InChI is InChI=1S/C2H5Cl2FSi/c1-6(3,4)2-5/h2H2,1H3. The molecular formula is C2H5Cl2FSi. The Kier molecular flexibility index (Phi) is 2.40. The SMILES string of the molecule is C[Si](Cl)(Cl)CF. The molecule has 0 aromatic carbocycles. The summed E-state index contributed by atoms with van der Waals surface area (Å²) in [6.45, 7) is -0.816. The lowest BCUT2D eigenvalue weighted by atomic mass is 11.8. The quantitative estimate of drug-likeness (QED) is 0.393. The van der Waals surface area contributed by atoms with E-state index in [9.17, 15) is 4.39 Å². The van der Waals surface area contributed by atoms with E-state index >= 15 is 0 Å². The van der Waals surface area contributed by atoms with Crippen molar-refractivity contribution in [3.05, 3.63) is 0 Å². The lowest BCUT2D eigenvalue weighted by Gasteiger charge is -1.98. The molecule has 0 heterocycles. The van der Waals surface area contributed by atoms with E-state index in [0.29, 0.717) is 0 Å². The largest absolute Gasteiger partial charge is 0.278 e. The van der Waals surface area contributed by atoms with Gasteiger partial charge < -0.3 is 0 Å². The number of hydrogen-bond acceptors (Lipinski definition) is 0. The van der Waals surface area contributed by atoms with Crippen LogP contribution in [0.2, 0.25) is 6.55 Å². The molecule has 6 heavy (non-hydrogen) atoms. The van der Waals surface area contributed by atoms with E-state index in [2.05, 4.69) is 0 Å². The van der Waals surface area contributed by atoms with Crippen LogP contribution < -0.4 is 0 Å². The molecule has 0 bridgehead atoms. The van der Waals surface area contributed by atoms with E-state index < -0.39 is 13.0 Å². The Labute approximate surface area is 46.7 Å². The molecule has 4 heteroatoms. The lowest BCUT2D eigenvalue weighted by molar-refractivity contribution is 0.590. The minimum atomic E-state index is -2.35. The van der Waals surface area contributed by atoms with Crippen LogP contribution in [0.3, 0.4) is 0 Å². The molecule has 0 saturated carbocycles. The molecular weight excluding hydrogens is 142 g/mol. The fourth-order valence-electron chi connectivity index (χ4n) is 0. The second kappa shape index (κ2) is 2.14. The van der Waals surface area contributed by atoms with Crippen LogP contribution >= 0.6 is 22.2 Å². The molecule has 0 aliphatic rings. The molecule has 38 valence electrons. The monoisotopic (exact) mass is 146 g/mol. The molecule has 0 aromatic rings. The van der Waals surface area contributed by atoms with Gasteiger partial charge in [0.05, 0.1) is 0 Å². The van der Waals surface area contributed by atoms with Crippen LogP contribution in [0.25, 0.3) is 0 Å². The average Bonchev–Trinajstić information content (AvgIpc) is 1.35. The number of rotatable bonds is 1. The fourth-order valence-corrected chi connectivity index (χ4v) is 0. The predicted molar refractivity (Wildman–Crippen MR) is 29.3 cm³/mol. The van der Waals surface area contributed by atoms with Crippen LogP contribution in [0.1, 0.15) is 0 Å². The molecule has 0 fully saturated rings. The van der Waals surface area contributed by atoms with Crippen molar-refractivity contribution in [2.45, 2.75) is 6.55 Å². The van der Waals surface area contributed by atoms with Gasteiger partial charge in [0.15, 0.2) is 0 Å². The normalized spacial score (nSPS) is 12.0. The van der Waals surface area contributed by atoms with Gasteiger partial charge in [-0.15, -0.1) is 22.2 Å². The molecule has 0 radical (unpaired) electrons. The number of alkyl halides is 1. The summed E-state index contributed by atoms with van der Waals surface area (Å²) in [5.74, 6) is 0. The zero-order valence-electron chi connectivity index (χ0n) is 3.34. The molecule has 0 rings (SSSR count). The van der Waals surface area contributed by atoms with Gasteiger partial charge in [0.2, 0.25) is 0 Å². The lowest BCUT2D eigenvalue weighted by Crippen LogP contribution is -2.15. The van der Waals surface area contributed by atoms with E-state index in [4.69, 9.17) is 22.2 Å². The Bertz CT molecular complexity index is 41.3. The van der Waals surface area contributed by atoms with Crippen LogP contribution in [0.15, 0.2) is 0 Å². The number of halogens is 3. The first-order valence-electron chi connectivity index (χ1n) is 1.50. The van der Waals surface area contributed by atoms with E-state index in [1.165, 1.54) is 6.55 Å². The van der Waals surface area contributed by atoms with Crippen molar-refractivity contribution in [3.63, 3.8) is 0 Å². The fraction of sp³-hybridized carbons (Fsp3) is 1.00. The Balaban J connectivity index is 3.17. The third-order valence-corrected chi connectivity index (χ3v) is 1.31. The highest BCUT2D eigenvalue weighted by Gasteiger charge is 2.19. The van der Waals surface area contributed by atoms with Crippen molar-refractivity contribution < 1.29 is 4.39 Å². The van der Waals surface area contributed by atoms with Crippen LogP contribution in [0.4, 0.5) is 4.39 Å². The average molecular weight is 147 g/mol. The van der Waals surface area contributed by atoms with Crippen LogP contribution in [0.5, 0.6) is 0 Å². The van der Waals surface area contributed by atoms with Gasteiger partial charge in [-0.05, 0) is 6.55 Å². The third-order valence-electron chi connectivity index (χ3n) is 0.235. The first-order valence-corrected chi connectivity index (χ1v) is 6.23. The van der Waals surface area contributed by atoms with Gasteiger partial charge in [-0.3, -0.25) is 4.39 Å². The van der Waals surface area contributed by atoms with Gasteiger partial charge in [0.1, 0.15) is 6.30 Å². The minimum absolute atomic E-state index is 0.559. The van der Waals surface area contributed by atoms with Crippen LogP contribution in [-0.2, 0) is 0 Å². The summed E-state index contributed by atoms with van der Waals surface area (Å²) in [6.07, 6.45) is -0.559. The first-order chi connectivity index (χ1) is 2.56. The van der Waals surface area contributed by atoms with Crippen molar-refractivity contribution in [2.24, 2.45) is 0 Å². The summed E-state index contributed by atoms with van der Waals surface area (Å²) in [7, 11) is 0. The summed E-state index contributed by atoms with van der Waals surface area (Å²) in [6, 6.07) is 0. The highest BCUT2D eigenvalue weighted by atomic mass is 35.7. The molecule has 0 aliphatic carbocycles. The van der Waals surface area contributed by atoms with Gasteiger partial charge in [-0.2, -0.15) is 0 Å². The van der Waals surface area contributed by atoms with Gasteiger partial charge in [0.25, 0.3) is 6.69 Å². The van der Waals surface area contributed by atoms with Gasteiger partial charge in [-0.1, -0.05) is 0 Å². The smallest absolute Gasteiger partial charge is 0.252 e. The summed E-state index contributed by atoms with van der Waals surface area (Å²) < 4.78 is 11.3. The summed E-state index contributed by atoms with van der Waals surface area (Å²) in [4.78, 5) is 0. The highest BCUT2D eigenvalue weighted by Crippen LogP contribution is 2.12. The summed E-state index contributed by atoms with van der Waals surface area (Å²) in [5, 5.41) is 0. The Morgan fingerprint density at radius 3 is 1.83 bits per heavy atom. The Morgan fingerprint density at radius 2 is 1.83 bits per heavy atom. The Morgan fingerprint density at radius 1 is 1.67 bits per heavy atom. The second-order valence-corrected chi connectivity index (χ2v) is 9.20. The van der Waals surface area contributed by atoms with Crippen molar-refractivity contribution in [3.8, 4) is 0 Å². The third kappa shape index (κ3) is 4.73. The molecule has 0 aromatic heterocycles. The molecule has 0 atom stereocenters. The topological polar surface area (TPSA) is 0 Å². The van der Waals surface area contributed by atoms with Crippen molar-refractivity contribution in [1.82, 2.24) is 0 Å². The molecule has 0 unspecified atom stereocenters. The molecule has 0 N–H and O–H groups in total. The highest BCUT2D eigenvalue weighted by molar-refractivity contribution is 7.44. The van der Waals surface area contributed by atoms with Crippen LogP contribution in [0, 0.1) is 0 Å². The van der Waals surface area contributed by atoms with Crippen molar-refractivity contribution >= 4 is 28.9 Å². The van der Waals surface area contributed by atoms with Gasteiger partial charge in [-0.25, -0.2) is 0 Å². The minimum Gasteiger partial charge on any atom is -0.252 e. The Hall–Kier alpha value is 0.727. The van der Waals surface area contributed by atoms with E-state index in [1.807, 2.05) is 0 Å². The molecule has 0 spiro atoms. The maximum atomic E-state index is 11.3. The maximum Gasteiger partial charge on any atom is 0.278 e. The molecule has 0 aliphatic heterocycles. The van der Waals surface area contributed by atoms with E-state index in [0.717, 1.165) is 0 Å². The van der Waals surface area contributed by atoms with E-state index in [1.54, 1.807) is 0 Å². The van der Waals surface area contributed by atoms with Gasteiger partial charge >= 0.3 is 0 Å². The molecule has 0 amide bonds. The summed E-state index contributed by atoms with van der Waals surface area (Å²) in [5.41, 5.74) is 0. The second-order valence-electron chi connectivity index (χ2n) is 1.20. The maximum absolute atomic E-state index is 11.3. The number of hydrogen-bond donors (Lipinski definition) is 0. The molecule has 0 saturated heterocycles. The summed E-state index contributed by atoms with van der Waals surface area (Å²) >= 11 is 10.5. The first kappa shape index (κ1) is 6.73. The zero-order chi connectivity index (χ0) is 5.21. The predicted octanol–water partition coefficient (Wildman–Crippen LogP) is 2.04. The van der Waals surface area contributed by atoms with E-state index in [-0.39, 0.29) is 0 Å². The molecule has 0 nitrogen and oxygen atoms in total. The van der Waals surface area contributed by atoms with Gasteiger partial charge in [0, 0.05) is 0 Å². The van der Waals surface area contributed by atoms with Crippen molar-refractivity contribution in [1.29, 1.82) is 0 Å². The van der Waals surface area contributed by atoms with Crippen molar-refractivity contribution in [2.75, 3.05) is 6.30 Å². The zero-order valence-corrected chi connectivity index (χ0v) is 5.85. The van der Waals surface area contributed by atoms with Crippen LogP contribution in [-0.4, -0.2) is 13.0 Å².